The molecule has 1 aliphatic heterocycles. The Morgan fingerprint density at radius 1 is 1.16 bits per heavy atom. The first-order valence-corrected chi connectivity index (χ1v) is 10.8. The van der Waals surface area contributed by atoms with Gasteiger partial charge in [-0.3, -0.25) is 4.79 Å². The van der Waals surface area contributed by atoms with E-state index >= 15 is 0 Å². The number of aromatic nitrogens is 4. The normalized spacial score (nSPS) is 15.2. The maximum absolute atomic E-state index is 13.9. The molecule has 0 fully saturated rings. The lowest BCUT2D eigenvalue weighted by atomic mass is 9.86. The second kappa shape index (κ2) is 8.44. The van der Waals surface area contributed by atoms with Crippen LogP contribution in [0.15, 0.2) is 22.7 Å². The van der Waals surface area contributed by atoms with Crippen LogP contribution in [0.25, 0.3) is 11.4 Å². The summed E-state index contributed by atoms with van der Waals surface area (Å²) in [5, 5.41) is 6.86. The molecule has 0 aliphatic carbocycles. The van der Waals surface area contributed by atoms with E-state index in [-0.39, 0.29) is 11.6 Å². The predicted octanol–water partition coefficient (Wildman–Crippen LogP) is 4.76. The molecule has 32 heavy (non-hydrogen) atoms. The summed E-state index contributed by atoms with van der Waals surface area (Å²) < 4.78 is 34.7. The van der Waals surface area contributed by atoms with Crippen LogP contribution in [0.2, 0.25) is 0 Å². The molecule has 4 rings (SSSR count). The van der Waals surface area contributed by atoms with Crippen LogP contribution in [0.5, 0.6) is 0 Å². The van der Waals surface area contributed by atoms with Crippen LogP contribution < -0.4 is 5.32 Å². The van der Waals surface area contributed by atoms with Crippen LogP contribution in [0.4, 0.5) is 8.78 Å². The number of amides is 1. The highest BCUT2D eigenvalue weighted by Crippen LogP contribution is 2.33. The number of aryl methyl sites for hydroxylation is 1. The topological polar surface area (TPSA) is 85.8 Å². The summed E-state index contributed by atoms with van der Waals surface area (Å²) in [6, 6.07) is 3.17. The Morgan fingerprint density at radius 3 is 2.59 bits per heavy atom. The Kier molecular flexibility index (Phi) is 5.83. The van der Waals surface area contributed by atoms with E-state index < -0.39 is 23.1 Å². The number of imidazole rings is 1. The molecule has 1 amide bonds. The molecule has 1 atom stereocenters. The Balaban J connectivity index is 1.74. The fourth-order valence-electron chi connectivity index (χ4n) is 4.04. The van der Waals surface area contributed by atoms with Crippen molar-refractivity contribution in [2.75, 3.05) is 0 Å². The highest BCUT2D eigenvalue weighted by Gasteiger charge is 2.34. The van der Waals surface area contributed by atoms with Crippen LogP contribution in [0.3, 0.4) is 0 Å². The van der Waals surface area contributed by atoms with Crippen molar-refractivity contribution >= 4 is 5.91 Å². The minimum absolute atomic E-state index is 0.289. The zero-order valence-corrected chi connectivity index (χ0v) is 18.7. The lowest BCUT2D eigenvalue weighted by Crippen LogP contribution is -2.37. The van der Waals surface area contributed by atoms with Crippen molar-refractivity contribution < 1.29 is 18.1 Å². The van der Waals surface area contributed by atoms with E-state index in [1.54, 1.807) is 6.92 Å². The van der Waals surface area contributed by atoms with Gasteiger partial charge in [0.2, 0.25) is 5.89 Å². The molecule has 1 aliphatic rings. The summed E-state index contributed by atoms with van der Waals surface area (Å²) in [6.07, 6.45) is 3.55. The lowest BCUT2D eigenvalue weighted by molar-refractivity contribution is 0.0875. The lowest BCUT2D eigenvalue weighted by Gasteiger charge is -2.28. The molecule has 0 bridgehead atoms. The molecule has 0 saturated carbocycles. The van der Waals surface area contributed by atoms with E-state index in [9.17, 15) is 13.6 Å². The fourth-order valence-corrected chi connectivity index (χ4v) is 4.04. The van der Waals surface area contributed by atoms with Crippen LogP contribution in [-0.4, -0.2) is 25.6 Å². The molecule has 2 aromatic heterocycles. The van der Waals surface area contributed by atoms with Crippen molar-refractivity contribution in [3.63, 3.8) is 0 Å². The van der Waals surface area contributed by atoms with Crippen LogP contribution in [0.1, 0.15) is 74.0 Å². The number of rotatable bonds is 4. The SMILES string of the molecule is Cc1noc([C@@H](NC(=O)c2nc(-c3ccc(F)c(F)c3)n3c2CCCCC3)C(C)(C)C)n1. The van der Waals surface area contributed by atoms with Gasteiger partial charge < -0.3 is 14.4 Å². The number of nitrogens with zero attached hydrogens (tertiary/aromatic N) is 4. The first-order valence-electron chi connectivity index (χ1n) is 10.8. The van der Waals surface area contributed by atoms with Gasteiger partial charge in [0, 0.05) is 12.1 Å². The molecule has 7 nitrogen and oxygen atoms in total. The van der Waals surface area contributed by atoms with Crippen LogP contribution in [0, 0.1) is 24.0 Å². The van der Waals surface area contributed by atoms with Gasteiger partial charge in [-0.15, -0.1) is 0 Å². The molecule has 9 heteroatoms. The molecular weight excluding hydrogens is 416 g/mol. The average molecular weight is 443 g/mol. The molecular formula is C23H27F2N5O2. The molecule has 0 saturated heterocycles. The first-order chi connectivity index (χ1) is 15.1. The summed E-state index contributed by atoms with van der Waals surface area (Å²) >= 11 is 0. The summed E-state index contributed by atoms with van der Waals surface area (Å²) in [4.78, 5) is 22.3. The molecule has 0 radical (unpaired) electrons. The van der Waals surface area contributed by atoms with Gasteiger partial charge in [-0.05, 0) is 49.8 Å². The second-order valence-corrected chi connectivity index (χ2v) is 9.27. The van der Waals surface area contributed by atoms with Gasteiger partial charge in [0.15, 0.2) is 17.5 Å². The smallest absolute Gasteiger partial charge is 0.272 e. The molecule has 1 N–H and O–H groups in total. The Morgan fingerprint density at radius 2 is 1.94 bits per heavy atom. The molecule has 3 heterocycles. The number of fused-ring (bicyclic) bond motifs is 1. The standard InChI is InChI=1S/C23H27F2N5O2/c1-13-26-22(32-29-13)19(23(2,3)4)28-21(31)18-17-8-6-5-7-11-30(17)20(27-18)14-9-10-15(24)16(25)12-14/h9-10,12,19H,5-8,11H2,1-4H3,(H,28,31)/t19-/m1/s1. The van der Waals surface area contributed by atoms with Gasteiger partial charge >= 0.3 is 0 Å². The van der Waals surface area contributed by atoms with E-state index in [0.717, 1.165) is 37.1 Å². The van der Waals surface area contributed by atoms with Gasteiger partial charge in [0.25, 0.3) is 5.91 Å². The van der Waals surface area contributed by atoms with E-state index in [1.807, 2.05) is 25.3 Å². The van der Waals surface area contributed by atoms with Crippen molar-refractivity contribution in [1.29, 1.82) is 0 Å². The zero-order chi connectivity index (χ0) is 23.0. The number of nitrogens with one attached hydrogen (secondary N) is 1. The van der Waals surface area contributed by atoms with Gasteiger partial charge in [-0.25, -0.2) is 13.8 Å². The van der Waals surface area contributed by atoms with Crippen molar-refractivity contribution in [2.45, 2.75) is 66.0 Å². The third-order valence-corrected chi connectivity index (χ3v) is 5.69. The van der Waals surface area contributed by atoms with E-state index in [2.05, 4.69) is 20.4 Å². The number of carbonyl (C=O) groups is 1. The number of benzene rings is 1. The number of halogens is 2. The maximum atomic E-state index is 13.9. The quantitative estimate of drug-likeness (QED) is 0.628. The molecule has 170 valence electrons. The molecule has 0 spiro atoms. The average Bonchev–Trinajstić information content (AvgIpc) is 3.22. The highest BCUT2D eigenvalue weighted by atomic mass is 19.2. The summed E-state index contributed by atoms with van der Waals surface area (Å²) in [6.45, 7) is 8.29. The summed E-state index contributed by atoms with van der Waals surface area (Å²) in [7, 11) is 0. The van der Waals surface area contributed by atoms with E-state index in [4.69, 9.17) is 4.52 Å². The molecule has 1 aromatic carbocycles. The van der Waals surface area contributed by atoms with Gasteiger partial charge in [-0.2, -0.15) is 4.98 Å². The summed E-state index contributed by atoms with van der Waals surface area (Å²) in [5.74, 6) is -0.946. The maximum Gasteiger partial charge on any atom is 0.272 e. The van der Waals surface area contributed by atoms with E-state index in [1.165, 1.54) is 6.07 Å². The summed E-state index contributed by atoms with van der Waals surface area (Å²) in [5.41, 5.74) is 1.13. The van der Waals surface area contributed by atoms with Gasteiger partial charge in [0.05, 0.1) is 5.69 Å². The predicted molar refractivity (Wildman–Crippen MR) is 114 cm³/mol. The Hall–Kier alpha value is -3.10. The van der Waals surface area contributed by atoms with Gasteiger partial charge in [0.1, 0.15) is 17.6 Å². The minimum Gasteiger partial charge on any atom is -0.338 e. The Bertz CT molecular complexity index is 1150. The van der Waals surface area contributed by atoms with Gasteiger partial charge in [-0.1, -0.05) is 32.3 Å². The van der Waals surface area contributed by atoms with Crippen LogP contribution >= 0.6 is 0 Å². The van der Waals surface area contributed by atoms with Crippen molar-refractivity contribution in [3.8, 4) is 11.4 Å². The number of hydrogen-bond donors (Lipinski definition) is 1. The number of hydrogen-bond acceptors (Lipinski definition) is 5. The van der Waals surface area contributed by atoms with Crippen molar-refractivity contribution in [1.82, 2.24) is 25.0 Å². The highest BCUT2D eigenvalue weighted by molar-refractivity contribution is 5.94. The minimum atomic E-state index is -0.945. The largest absolute Gasteiger partial charge is 0.338 e. The fraction of sp³-hybridized carbons (Fsp3) is 0.478. The third kappa shape index (κ3) is 4.28. The van der Waals surface area contributed by atoms with Crippen molar-refractivity contribution in [3.05, 3.63) is 52.9 Å². The monoisotopic (exact) mass is 443 g/mol. The van der Waals surface area contributed by atoms with Crippen LogP contribution in [-0.2, 0) is 13.0 Å². The third-order valence-electron chi connectivity index (χ3n) is 5.69. The molecule has 3 aromatic rings. The molecule has 0 unspecified atom stereocenters. The second-order valence-electron chi connectivity index (χ2n) is 9.27. The zero-order valence-electron chi connectivity index (χ0n) is 18.7. The van der Waals surface area contributed by atoms with Crippen molar-refractivity contribution in [2.24, 2.45) is 5.41 Å². The Labute approximate surface area is 185 Å². The first kappa shape index (κ1) is 22.1. The van der Waals surface area contributed by atoms with E-state index in [0.29, 0.717) is 36.1 Å². The number of carbonyl (C=O) groups excluding carboxylic acids is 1.